The molecule has 0 amide bonds. The van der Waals surface area contributed by atoms with Gasteiger partial charge in [-0.1, -0.05) is 13.0 Å². The van der Waals surface area contributed by atoms with E-state index in [0.29, 0.717) is 0 Å². The van der Waals surface area contributed by atoms with Crippen LogP contribution in [0, 0.1) is 11.6 Å². The minimum atomic E-state index is -0.799. The van der Waals surface area contributed by atoms with E-state index in [4.69, 9.17) is 0 Å². The van der Waals surface area contributed by atoms with Gasteiger partial charge in [-0.2, -0.15) is 0 Å². The predicted octanol–water partition coefficient (Wildman–Crippen LogP) is 2.64. The van der Waals surface area contributed by atoms with Crippen molar-refractivity contribution in [3.05, 3.63) is 35.4 Å². The highest BCUT2D eigenvalue weighted by Gasteiger charge is 2.07. The van der Waals surface area contributed by atoms with Crippen molar-refractivity contribution >= 4 is 0 Å². The summed E-state index contributed by atoms with van der Waals surface area (Å²) in [6, 6.07) is 4.02. The van der Waals surface area contributed by atoms with Crippen molar-refractivity contribution in [2.75, 3.05) is 6.54 Å². The van der Waals surface area contributed by atoms with Gasteiger partial charge in [0.1, 0.15) is 0 Å². The van der Waals surface area contributed by atoms with Crippen molar-refractivity contribution < 1.29 is 8.78 Å². The first-order valence-corrected chi connectivity index (χ1v) is 4.33. The van der Waals surface area contributed by atoms with E-state index in [1.807, 2.05) is 13.8 Å². The molecule has 0 aliphatic carbocycles. The van der Waals surface area contributed by atoms with Crippen molar-refractivity contribution in [3.8, 4) is 0 Å². The van der Waals surface area contributed by atoms with Crippen LogP contribution in [0.4, 0.5) is 8.78 Å². The number of nitrogens with one attached hydrogen (secondary N) is 1. The van der Waals surface area contributed by atoms with Gasteiger partial charge in [0.05, 0.1) is 0 Å². The smallest absolute Gasteiger partial charge is 0.159 e. The summed E-state index contributed by atoms with van der Waals surface area (Å²) in [4.78, 5) is 0. The van der Waals surface area contributed by atoms with Crippen LogP contribution in [0.5, 0.6) is 0 Å². The minimum absolute atomic E-state index is 0.0556. The molecule has 0 saturated heterocycles. The SMILES string of the molecule is CCN[C@@H](C)c1ccc(F)c(F)c1. The normalized spacial score (nSPS) is 12.9. The third-order valence-electron chi connectivity index (χ3n) is 1.95. The van der Waals surface area contributed by atoms with E-state index in [1.54, 1.807) is 6.07 Å². The quantitative estimate of drug-likeness (QED) is 0.763. The van der Waals surface area contributed by atoms with Crippen LogP contribution in [-0.4, -0.2) is 6.54 Å². The van der Waals surface area contributed by atoms with Gasteiger partial charge >= 0.3 is 0 Å². The van der Waals surface area contributed by atoms with Gasteiger partial charge in [0.15, 0.2) is 11.6 Å². The van der Waals surface area contributed by atoms with E-state index < -0.39 is 11.6 Å². The van der Waals surface area contributed by atoms with Crippen LogP contribution in [0.3, 0.4) is 0 Å². The molecule has 0 bridgehead atoms. The van der Waals surface area contributed by atoms with Gasteiger partial charge in [-0.05, 0) is 31.2 Å². The fourth-order valence-electron chi connectivity index (χ4n) is 1.21. The lowest BCUT2D eigenvalue weighted by molar-refractivity contribution is 0.502. The lowest BCUT2D eigenvalue weighted by Gasteiger charge is -2.12. The van der Waals surface area contributed by atoms with Gasteiger partial charge in [0, 0.05) is 6.04 Å². The molecule has 0 aliphatic rings. The number of hydrogen-bond donors (Lipinski definition) is 1. The fraction of sp³-hybridized carbons (Fsp3) is 0.400. The van der Waals surface area contributed by atoms with Crippen molar-refractivity contribution in [2.24, 2.45) is 0 Å². The molecule has 0 fully saturated rings. The minimum Gasteiger partial charge on any atom is -0.310 e. The number of rotatable bonds is 3. The molecule has 3 heteroatoms. The number of halogens is 2. The zero-order valence-corrected chi connectivity index (χ0v) is 7.77. The Bertz CT molecular complexity index is 286. The summed E-state index contributed by atoms with van der Waals surface area (Å²) in [5, 5.41) is 3.12. The molecule has 0 saturated carbocycles. The molecule has 1 aromatic carbocycles. The lowest BCUT2D eigenvalue weighted by atomic mass is 10.1. The molecule has 1 nitrogen and oxygen atoms in total. The summed E-state index contributed by atoms with van der Waals surface area (Å²) in [5.41, 5.74) is 0.765. The molecule has 0 aliphatic heterocycles. The Morgan fingerprint density at radius 2 is 2.00 bits per heavy atom. The average molecular weight is 185 g/mol. The Balaban J connectivity index is 2.84. The second-order valence-electron chi connectivity index (χ2n) is 2.95. The second-order valence-corrected chi connectivity index (χ2v) is 2.95. The molecule has 0 aromatic heterocycles. The van der Waals surface area contributed by atoms with Crippen molar-refractivity contribution in [3.63, 3.8) is 0 Å². The summed E-state index contributed by atoms with van der Waals surface area (Å²) in [6.07, 6.45) is 0. The molecule has 1 aromatic rings. The van der Waals surface area contributed by atoms with Crippen LogP contribution >= 0.6 is 0 Å². The summed E-state index contributed by atoms with van der Waals surface area (Å²) >= 11 is 0. The first-order valence-electron chi connectivity index (χ1n) is 4.33. The Labute approximate surface area is 76.8 Å². The third kappa shape index (κ3) is 2.49. The number of hydrogen-bond acceptors (Lipinski definition) is 1. The van der Waals surface area contributed by atoms with Gasteiger partial charge in [-0.3, -0.25) is 0 Å². The Morgan fingerprint density at radius 1 is 1.31 bits per heavy atom. The highest BCUT2D eigenvalue weighted by molar-refractivity contribution is 5.20. The average Bonchev–Trinajstić information content (AvgIpc) is 2.10. The Hall–Kier alpha value is -0.960. The summed E-state index contributed by atoms with van der Waals surface area (Å²) in [6.45, 7) is 4.69. The van der Waals surface area contributed by atoms with E-state index in [2.05, 4.69) is 5.32 Å². The van der Waals surface area contributed by atoms with E-state index in [1.165, 1.54) is 6.07 Å². The standard InChI is InChI=1S/C10H13F2N/c1-3-13-7(2)8-4-5-9(11)10(12)6-8/h4-7,13H,3H2,1-2H3/t7-/m0/s1. The van der Waals surface area contributed by atoms with Gasteiger partial charge in [-0.25, -0.2) is 8.78 Å². The van der Waals surface area contributed by atoms with Gasteiger partial charge < -0.3 is 5.32 Å². The molecule has 0 unspecified atom stereocenters. The molecule has 0 radical (unpaired) electrons. The van der Waals surface area contributed by atoms with Crippen molar-refractivity contribution in [2.45, 2.75) is 19.9 Å². The molecule has 1 N–H and O–H groups in total. The molecule has 1 rings (SSSR count). The highest BCUT2D eigenvalue weighted by Crippen LogP contribution is 2.15. The van der Waals surface area contributed by atoms with E-state index in [-0.39, 0.29) is 6.04 Å². The van der Waals surface area contributed by atoms with Crippen LogP contribution in [0.25, 0.3) is 0 Å². The summed E-state index contributed by atoms with van der Waals surface area (Å²) < 4.78 is 25.3. The van der Waals surface area contributed by atoms with Gasteiger partial charge in [0.2, 0.25) is 0 Å². The van der Waals surface area contributed by atoms with Crippen LogP contribution < -0.4 is 5.32 Å². The summed E-state index contributed by atoms with van der Waals surface area (Å²) in [7, 11) is 0. The van der Waals surface area contributed by atoms with Crippen LogP contribution in [0.15, 0.2) is 18.2 Å². The van der Waals surface area contributed by atoms with Gasteiger partial charge in [0.25, 0.3) is 0 Å². The predicted molar refractivity (Wildman–Crippen MR) is 48.4 cm³/mol. The maximum absolute atomic E-state index is 12.8. The molecule has 13 heavy (non-hydrogen) atoms. The van der Waals surface area contributed by atoms with E-state index in [0.717, 1.165) is 18.2 Å². The summed E-state index contributed by atoms with van der Waals surface area (Å²) in [5.74, 6) is -1.59. The van der Waals surface area contributed by atoms with Gasteiger partial charge in [-0.15, -0.1) is 0 Å². The van der Waals surface area contributed by atoms with Crippen LogP contribution in [0.1, 0.15) is 25.5 Å². The molecular weight excluding hydrogens is 172 g/mol. The fourth-order valence-corrected chi connectivity index (χ4v) is 1.21. The van der Waals surface area contributed by atoms with Crippen LogP contribution in [0.2, 0.25) is 0 Å². The lowest BCUT2D eigenvalue weighted by Crippen LogP contribution is -2.17. The molecular formula is C10H13F2N. The highest BCUT2D eigenvalue weighted by atomic mass is 19.2. The molecule has 72 valence electrons. The Morgan fingerprint density at radius 3 is 2.54 bits per heavy atom. The maximum Gasteiger partial charge on any atom is 0.159 e. The van der Waals surface area contributed by atoms with Crippen LogP contribution in [-0.2, 0) is 0 Å². The molecule has 1 atom stereocenters. The first-order chi connectivity index (χ1) is 6.15. The van der Waals surface area contributed by atoms with E-state index in [9.17, 15) is 8.78 Å². The monoisotopic (exact) mass is 185 g/mol. The maximum atomic E-state index is 12.8. The zero-order valence-electron chi connectivity index (χ0n) is 7.77. The zero-order chi connectivity index (χ0) is 9.84. The molecule has 0 heterocycles. The topological polar surface area (TPSA) is 12.0 Å². The van der Waals surface area contributed by atoms with Crippen molar-refractivity contribution in [1.29, 1.82) is 0 Å². The Kier molecular flexibility index (Phi) is 3.37. The van der Waals surface area contributed by atoms with Crippen molar-refractivity contribution in [1.82, 2.24) is 5.32 Å². The first kappa shape index (κ1) is 10.1. The van der Waals surface area contributed by atoms with E-state index >= 15 is 0 Å². The third-order valence-corrected chi connectivity index (χ3v) is 1.95. The second kappa shape index (κ2) is 4.33. The molecule has 0 spiro atoms. The number of benzene rings is 1. The largest absolute Gasteiger partial charge is 0.310 e.